The van der Waals surface area contributed by atoms with Gasteiger partial charge in [0.15, 0.2) is 6.61 Å². The number of hydrogen-bond acceptors (Lipinski definition) is 6. The second-order valence-electron chi connectivity index (χ2n) is 10.3. The molecular weight excluding hydrogens is 486 g/mol. The molecule has 2 amide bonds. The van der Waals surface area contributed by atoms with Gasteiger partial charge < -0.3 is 15.4 Å². The van der Waals surface area contributed by atoms with E-state index in [2.05, 4.69) is 20.5 Å². The van der Waals surface area contributed by atoms with E-state index in [1.54, 1.807) is 6.07 Å². The highest BCUT2D eigenvalue weighted by Gasteiger charge is 2.28. The number of para-hydroxylation sites is 1. The Morgan fingerprint density at radius 2 is 2.11 bits per heavy atom. The molecule has 1 saturated carbocycles. The standard InChI is InChI=1S/C26H32F2N4O3S/c1-26(27,28)15-35-25-30-20-14-32(12-10-21(20)36-25)11-9-16-5-7-18(8-6-16)29-24(34)19-4-2-3-17-13-22(33)31-23(17)19/h2-4,16,18H,5-15H2,1H3,(H,29,34)(H,31,33). The molecule has 0 radical (unpaired) electrons. The molecule has 0 bridgehead atoms. The second kappa shape index (κ2) is 10.4. The summed E-state index contributed by atoms with van der Waals surface area (Å²) in [4.78, 5) is 32.6. The minimum Gasteiger partial charge on any atom is -0.464 e. The number of alkyl halides is 2. The number of benzene rings is 1. The largest absolute Gasteiger partial charge is 0.464 e. The summed E-state index contributed by atoms with van der Waals surface area (Å²) in [7, 11) is 0. The molecule has 1 aromatic carbocycles. The van der Waals surface area contributed by atoms with Crippen molar-refractivity contribution in [1.29, 1.82) is 0 Å². The number of ether oxygens (including phenoxy) is 1. The Labute approximate surface area is 213 Å². The van der Waals surface area contributed by atoms with E-state index in [4.69, 9.17) is 4.74 Å². The van der Waals surface area contributed by atoms with Crippen molar-refractivity contribution in [3.8, 4) is 5.19 Å². The van der Waals surface area contributed by atoms with E-state index in [0.717, 1.165) is 81.2 Å². The lowest BCUT2D eigenvalue weighted by molar-refractivity contribution is -0.115. The van der Waals surface area contributed by atoms with Gasteiger partial charge in [-0.2, -0.15) is 0 Å². The zero-order valence-electron chi connectivity index (χ0n) is 20.4. The lowest BCUT2D eigenvalue weighted by Crippen LogP contribution is -2.38. The van der Waals surface area contributed by atoms with Crippen LogP contribution in [-0.4, -0.2) is 53.4 Å². The fourth-order valence-electron chi connectivity index (χ4n) is 5.33. The number of carbonyl (C=O) groups excluding carboxylic acids is 2. The van der Waals surface area contributed by atoms with Crippen LogP contribution in [0.2, 0.25) is 0 Å². The minimum atomic E-state index is -2.86. The number of fused-ring (bicyclic) bond motifs is 2. The van der Waals surface area contributed by atoms with Crippen molar-refractivity contribution in [2.45, 2.75) is 70.4 Å². The van der Waals surface area contributed by atoms with Crippen molar-refractivity contribution in [3.05, 3.63) is 39.9 Å². The molecule has 194 valence electrons. The van der Waals surface area contributed by atoms with Crippen LogP contribution < -0.4 is 15.4 Å². The van der Waals surface area contributed by atoms with Gasteiger partial charge in [-0.25, -0.2) is 13.8 Å². The molecule has 1 fully saturated rings. The van der Waals surface area contributed by atoms with Gasteiger partial charge in [0.1, 0.15) is 0 Å². The van der Waals surface area contributed by atoms with Gasteiger partial charge in [0.25, 0.3) is 17.0 Å². The molecule has 1 aromatic heterocycles. The van der Waals surface area contributed by atoms with Gasteiger partial charge in [0.05, 0.1) is 23.4 Å². The van der Waals surface area contributed by atoms with Gasteiger partial charge in [0, 0.05) is 30.9 Å². The van der Waals surface area contributed by atoms with Gasteiger partial charge in [0.2, 0.25) is 5.91 Å². The van der Waals surface area contributed by atoms with E-state index in [-0.39, 0.29) is 17.9 Å². The fourth-order valence-corrected chi connectivity index (χ4v) is 6.24. The minimum absolute atomic E-state index is 0.0691. The quantitative estimate of drug-likeness (QED) is 0.541. The van der Waals surface area contributed by atoms with Gasteiger partial charge in [-0.3, -0.25) is 14.5 Å². The SMILES string of the molecule is CC(F)(F)COc1nc2c(s1)CCN(CCC1CCC(NC(=O)c3cccc4c3NC(=O)C4)CC1)C2. The summed E-state index contributed by atoms with van der Waals surface area (Å²) >= 11 is 1.39. The van der Waals surface area contributed by atoms with Crippen molar-refractivity contribution < 1.29 is 23.1 Å². The van der Waals surface area contributed by atoms with Gasteiger partial charge >= 0.3 is 0 Å². The number of carbonyl (C=O) groups is 2. The average molecular weight is 519 g/mol. The second-order valence-corrected chi connectivity index (χ2v) is 11.3. The molecule has 2 aliphatic heterocycles. The van der Waals surface area contributed by atoms with Crippen molar-refractivity contribution in [2.24, 2.45) is 5.92 Å². The maximum absolute atomic E-state index is 13.1. The number of anilines is 1. The van der Waals surface area contributed by atoms with Gasteiger partial charge in [-0.15, -0.1) is 0 Å². The number of thiazole rings is 1. The number of amides is 2. The summed E-state index contributed by atoms with van der Waals surface area (Å²) in [5.41, 5.74) is 3.03. The van der Waals surface area contributed by atoms with Crippen molar-refractivity contribution >= 4 is 28.8 Å². The molecule has 3 aliphatic rings. The molecular formula is C26H32F2N4O3S. The molecule has 0 saturated heterocycles. The van der Waals surface area contributed by atoms with Crippen molar-refractivity contribution in [1.82, 2.24) is 15.2 Å². The number of hydrogen-bond donors (Lipinski definition) is 2. The Kier molecular flexibility index (Phi) is 7.25. The fraction of sp³-hybridized carbons (Fsp3) is 0.577. The van der Waals surface area contributed by atoms with E-state index >= 15 is 0 Å². The topological polar surface area (TPSA) is 83.6 Å². The molecule has 7 nitrogen and oxygen atoms in total. The first-order chi connectivity index (χ1) is 17.2. The number of nitrogens with zero attached hydrogens (tertiary/aromatic N) is 2. The van der Waals surface area contributed by atoms with E-state index in [1.807, 2.05) is 12.1 Å². The Hall–Kier alpha value is -2.59. The number of halogens is 2. The third kappa shape index (κ3) is 6.03. The normalized spacial score (nSPS) is 22.0. The van der Waals surface area contributed by atoms with Crippen LogP contribution in [0.3, 0.4) is 0 Å². The molecule has 36 heavy (non-hydrogen) atoms. The predicted octanol–water partition coefficient (Wildman–Crippen LogP) is 4.41. The highest BCUT2D eigenvalue weighted by molar-refractivity contribution is 7.13. The number of nitrogens with one attached hydrogen (secondary N) is 2. The maximum Gasteiger partial charge on any atom is 0.278 e. The average Bonchev–Trinajstić information content (AvgIpc) is 3.43. The molecule has 1 aliphatic carbocycles. The summed E-state index contributed by atoms with van der Waals surface area (Å²) in [5, 5.41) is 6.33. The number of rotatable bonds is 8. The molecule has 3 heterocycles. The molecule has 10 heteroatoms. The third-order valence-electron chi connectivity index (χ3n) is 7.28. The van der Waals surface area contributed by atoms with Crippen LogP contribution in [0.1, 0.15) is 65.5 Å². The summed E-state index contributed by atoms with van der Waals surface area (Å²) < 4.78 is 31.3. The first-order valence-electron chi connectivity index (χ1n) is 12.7. The van der Waals surface area contributed by atoms with Crippen LogP contribution in [0.15, 0.2) is 18.2 Å². The van der Waals surface area contributed by atoms with Crippen molar-refractivity contribution in [2.75, 3.05) is 25.0 Å². The highest BCUT2D eigenvalue weighted by atomic mass is 32.1. The van der Waals surface area contributed by atoms with Crippen molar-refractivity contribution in [3.63, 3.8) is 0 Å². The Balaban J connectivity index is 1.05. The van der Waals surface area contributed by atoms with Crippen LogP contribution >= 0.6 is 11.3 Å². The predicted molar refractivity (Wildman–Crippen MR) is 134 cm³/mol. The molecule has 5 rings (SSSR count). The summed E-state index contributed by atoms with van der Waals surface area (Å²) in [6.45, 7) is 2.87. The summed E-state index contributed by atoms with van der Waals surface area (Å²) in [5.74, 6) is -2.42. The van der Waals surface area contributed by atoms with E-state index in [1.165, 1.54) is 11.3 Å². The van der Waals surface area contributed by atoms with Crippen LogP contribution in [0.25, 0.3) is 0 Å². The smallest absolute Gasteiger partial charge is 0.278 e. The maximum atomic E-state index is 13.1. The Morgan fingerprint density at radius 3 is 2.89 bits per heavy atom. The summed E-state index contributed by atoms with van der Waals surface area (Å²) in [6, 6.07) is 5.64. The van der Waals surface area contributed by atoms with Gasteiger partial charge in [-0.1, -0.05) is 23.5 Å². The number of aromatic nitrogens is 1. The lowest BCUT2D eigenvalue weighted by atomic mass is 9.84. The van der Waals surface area contributed by atoms with Crippen LogP contribution in [0.4, 0.5) is 14.5 Å². The summed E-state index contributed by atoms with van der Waals surface area (Å²) in [6.07, 6.45) is 6.37. The van der Waals surface area contributed by atoms with Crippen LogP contribution in [-0.2, 0) is 24.2 Å². The first kappa shape index (κ1) is 25.1. The molecule has 2 N–H and O–H groups in total. The Morgan fingerprint density at radius 1 is 1.31 bits per heavy atom. The zero-order chi connectivity index (χ0) is 25.3. The molecule has 0 spiro atoms. The zero-order valence-corrected chi connectivity index (χ0v) is 21.3. The highest BCUT2D eigenvalue weighted by Crippen LogP contribution is 2.33. The van der Waals surface area contributed by atoms with E-state index in [0.29, 0.717) is 28.8 Å². The van der Waals surface area contributed by atoms with E-state index in [9.17, 15) is 18.4 Å². The lowest BCUT2D eigenvalue weighted by Gasteiger charge is -2.32. The molecule has 0 unspecified atom stereocenters. The third-order valence-corrected chi connectivity index (χ3v) is 8.35. The molecule has 0 atom stereocenters. The monoisotopic (exact) mass is 518 g/mol. The van der Waals surface area contributed by atoms with Crippen LogP contribution in [0.5, 0.6) is 5.19 Å². The van der Waals surface area contributed by atoms with Crippen LogP contribution in [0, 0.1) is 5.92 Å². The Bertz CT molecular complexity index is 1120. The first-order valence-corrected chi connectivity index (χ1v) is 13.5. The molecule has 2 aromatic rings. The van der Waals surface area contributed by atoms with E-state index < -0.39 is 12.5 Å². The van der Waals surface area contributed by atoms with Gasteiger partial charge in [-0.05, 0) is 62.6 Å².